The number of hydrogen-bond donors (Lipinski definition) is 1. The van der Waals surface area contributed by atoms with E-state index in [1.165, 1.54) is 38.5 Å². The second-order valence-electron chi connectivity index (χ2n) is 5.78. The quantitative estimate of drug-likeness (QED) is 0.420. The van der Waals surface area contributed by atoms with Crippen LogP contribution in [0, 0.1) is 10.1 Å². The summed E-state index contributed by atoms with van der Waals surface area (Å²) in [5, 5.41) is 13.3. The molecule has 1 amide bonds. The van der Waals surface area contributed by atoms with Gasteiger partial charge in [0.25, 0.3) is 11.6 Å². The molecule has 2 aromatic rings. The Morgan fingerprint density at radius 1 is 1.11 bits per heavy atom. The number of nitro benzene ring substituents is 1. The van der Waals surface area contributed by atoms with Crippen molar-refractivity contribution in [2.24, 2.45) is 0 Å². The van der Waals surface area contributed by atoms with Gasteiger partial charge in [-0.15, -0.1) is 0 Å². The number of hydrogen-bond acceptors (Lipinski definition) is 7. The van der Waals surface area contributed by atoms with E-state index in [0.717, 1.165) is 0 Å². The van der Waals surface area contributed by atoms with Crippen LogP contribution in [0.5, 0.6) is 11.5 Å². The second-order valence-corrected chi connectivity index (χ2v) is 5.78. The number of benzene rings is 2. The van der Waals surface area contributed by atoms with E-state index in [4.69, 9.17) is 14.2 Å². The van der Waals surface area contributed by atoms with Crippen molar-refractivity contribution in [3.63, 3.8) is 0 Å². The van der Waals surface area contributed by atoms with Crippen molar-refractivity contribution in [3.8, 4) is 11.5 Å². The van der Waals surface area contributed by atoms with Crippen LogP contribution in [0.1, 0.15) is 28.9 Å². The summed E-state index contributed by atoms with van der Waals surface area (Å²) < 4.78 is 15.4. The van der Waals surface area contributed by atoms with E-state index >= 15 is 0 Å². The lowest BCUT2D eigenvalue weighted by atomic mass is 10.1. The number of ether oxygens (including phenoxy) is 3. The number of esters is 1. The SMILES string of the molecule is COc1ccc(OC)c([C@@H](C)NC(=O)COC(=O)c2ccc([N+](=O)[O-])cc2)c1. The Labute approximate surface area is 161 Å². The zero-order valence-corrected chi connectivity index (χ0v) is 15.6. The molecule has 9 heteroatoms. The van der Waals surface area contributed by atoms with Gasteiger partial charge in [0.1, 0.15) is 11.5 Å². The number of non-ortho nitro benzene ring substituents is 1. The highest BCUT2D eigenvalue weighted by molar-refractivity contribution is 5.91. The van der Waals surface area contributed by atoms with Crippen molar-refractivity contribution in [1.29, 1.82) is 0 Å². The van der Waals surface area contributed by atoms with Gasteiger partial charge in [-0.25, -0.2) is 4.79 Å². The fraction of sp³-hybridized carbons (Fsp3) is 0.263. The molecule has 1 N–H and O–H groups in total. The monoisotopic (exact) mass is 388 g/mol. The van der Waals surface area contributed by atoms with Gasteiger partial charge in [0.2, 0.25) is 0 Å². The normalized spacial score (nSPS) is 11.2. The summed E-state index contributed by atoms with van der Waals surface area (Å²) in [4.78, 5) is 34.1. The highest BCUT2D eigenvalue weighted by Crippen LogP contribution is 2.29. The summed E-state index contributed by atoms with van der Waals surface area (Å²) in [7, 11) is 3.05. The first-order chi connectivity index (χ1) is 13.3. The zero-order valence-electron chi connectivity index (χ0n) is 15.6. The second kappa shape index (κ2) is 9.36. The van der Waals surface area contributed by atoms with Gasteiger partial charge < -0.3 is 19.5 Å². The van der Waals surface area contributed by atoms with Gasteiger partial charge in [-0.1, -0.05) is 0 Å². The number of nitrogens with one attached hydrogen (secondary N) is 1. The van der Waals surface area contributed by atoms with Crippen molar-refractivity contribution in [3.05, 3.63) is 63.7 Å². The highest BCUT2D eigenvalue weighted by atomic mass is 16.6. The van der Waals surface area contributed by atoms with Crippen LogP contribution < -0.4 is 14.8 Å². The Balaban J connectivity index is 1.94. The number of methoxy groups -OCH3 is 2. The Bertz CT molecular complexity index is 865. The summed E-state index contributed by atoms with van der Waals surface area (Å²) in [5.41, 5.74) is 0.674. The average molecular weight is 388 g/mol. The summed E-state index contributed by atoms with van der Waals surface area (Å²) in [5.74, 6) is -0.0673. The van der Waals surface area contributed by atoms with Gasteiger partial charge in [-0.05, 0) is 37.3 Å². The van der Waals surface area contributed by atoms with E-state index in [1.807, 2.05) is 0 Å². The van der Waals surface area contributed by atoms with Crippen molar-refractivity contribution >= 4 is 17.6 Å². The number of nitrogens with zero attached hydrogens (tertiary/aromatic N) is 1. The van der Waals surface area contributed by atoms with E-state index in [-0.39, 0.29) is 11.3 Å². The van der Waals surface area contributed by atoms with Crippen LogP contribution in [0.3, 0.4) is 0 Å². The van der Waals surface area contributed by atoms with E-state index in [9.17, 15) is 19.7 Å². The minimum absolute atomic E-state index is 0.112. The molecule has 0 spiro atoms. The van der Waals surface area contributed by atoms with E-state index < -0.39 is 29.4 Å². The summed E-state index contributed by atoms with van der Waals surface area (Å²) in [6, 6.07) is 9.70. The van der Waals surface area contributed by atoms with Gasteiger partial charge >= 0.3 is 5.97 Å². The maximum atomic E-state index is 12.1. The van der Waals surface area contributed by atoms with Crippen LogP contribution in [-0.4, -0.2) is 37.6 Å². The lowest BCUT2D eigenvalue weighted by Crippen LogP contribution is -2.31. The topological polar surface area (TPSA) is 117 Å². The van der Waals surface area contributed by atoms with Crippen LogP contribution in [0.15, 0.2) is 42.5 Å². The maximum Gasteiger partial charge on any atom is 0.338 e. The summed E-state index contributed by atoms with van der Waals surface area (Å²) in [6.45, 7) is 1.26. The molecule has 0 heterocycles. The van der Waals surface area contributed by atoms with Crippen molar-refractivity contribution in [2.75, 3.05) is 20.8 Å². The standard InChI is InChI=1S/C19H20N2O7/c1-12(16-10-15(26-2)8-9-17(16)27-3)20-18(22)11-28-19(23)13-4-6-14(7-5-13)21(24)25/h4-10,12H,11H2,1-3H3,(H,20,22)/t12-/m1/s1. The number of carbonyl (C=O) groups excluding carboxylic acids is 2. The molecule has 0 radical (unpaired) electrons. The van der Waals surface area contributed by atoms with Gasteiger partial charge in [0.15, 0.2) is 6.61 Å². The molecule has 0 unspecified atom stereocenters. The zero-order chi connectivity index (χ0) is 20.7. The molecule has 0 aromatic heterocycles. The molecule has 1 atom stereocenters. The molecule has 2 aromatic carbocycles. The first-order valence-corrected chi connectivity index (χ1v) is 8.28. The molecule has 0 fully saturated rings. The fourth-order valence-corrected chi connectivity index (χ4v) is 2.47. The van der Waals surface area contributed by atoms with Gasteiger partial charge in [0.05, 0.1) is 30.7 Å². The fourth-order valence-electron chi connectivity index (χ4n) is 2.47. The number of rotatable bonds is 8. The molecule has 0 aliphatic heterocycles. The summed E-state index contributed by atoms with van der Waals surface area (Å²) in [6.07, 6.45) is 0. The molecule has 148 valence electrons. The van der Waals surface area contributed by atoms with E-state index in [1.54, 1.807) is 25.1 Å². The number of nitro groups is 1. The van der Waals surface area contributed by atoms with Gasteiger partial charge in [-0.2, -0.15) is 0 Å². The van der Waals surface area contributed by atoms with Crippen molar-refractivity contribution < 1.29 is 28.7 Å². The third-order valence-electron chi connectivity index (χ3n) is 3.93. The van der Waals surface area contributed by atoms with Crippen LogP contribution >= 0.6 is 0 Å². The molecule has 28 heavy (non-hydrogen) atoms. The van der Waals surface area contributed by atoms with Crippen LogP contribution in [0.2, 0.25) is 0 Å². The largest absolute Gasteiger partial charge is 0.497 e. The third kappa shape index (κ3) is 5.19. The number of amides is 1. The van der Waals surface area contributed by atoms with Crippen molar-refractivity contribution in [2.45, 2.75) is 13.0 Å². The molecule has 0 saturated heterocycles. The van der Waals surface area contributed by atoms with Gasteiger partial charge in [-0.3, -0.25) is 14.9 Å². The molecule has 0 aliphatic carbocycles. The minimum atomic E-state index is -0.753. The first-order valence-electron chi connectivity index (χ1n) is 8.28. The molecule has 0 aliphatic rings. The molecule has 0 saturated carbocycles. The van der Waals surface area contributed by atoms with Crippen LogP contribution in [0.4, 0.5) is 5.69 Å². The molecule has 2 rings (SSSR count). The summed E-state index contributed by atoms with van der Waals surface area (Å²) >= 11 is 0. The lowest BCUT2D eigenvalue weighted by molar-refractivity contribution is -0.384. The molecular formula is C19H20N2O7. The molecular weight excluding hydrogens is 368 g/mol. The Morgan fingerprint density at radius 2 is 1.79 bits per heavy atom. The van der Waals surface area contributed by atoms with Crippen LogP contribution in [0.25, 0.3) is 0 Å². The van der Waals surface area contributed by atoms with Crippen molar-refractivity contribution in [1.82, 2.24) is 5.32 Å². The molecule has 9 nitrogen and oxygen atoms in total. The minimum Gasteiger partial charge on any atom is -0.497 e. The Hall–Kier alpha value is -3.62. The van der Waals surface area contributed by atoms with E-state index in [0.29, 0.717) is 17.1 Å². The van der Waals surface area contributed by atoms with E-state index in [2.05, 4.69) is 5.32 Å². The maximum absolute atomic E-state index is 12.1. The Kier molecular flexibility index (Phi) is 6.91. The molecule has 0 bridgehead atoms. The smallest absolute Gasteiger partial charge is 0.338 e. The average Bonchev–Trinajstić information content (AvgIpc) is 2.71. The predicted octanol–water partition coefficient (Wildman–Crippen LogP) is 2.65. The Morgan fingerprint density at radius 3 is 2.36 bits per heavy atom. The predicted molar refractivity (Wildman–Crippen MR) is 99.5 cm³/mol. The highest BCUT2D eigenvalue weighted by Gasteiger charge is 2.17. The van der Waals surface area contributed by atoms with Gasteiger partial charge in [0, 0.05) is 17.7 Å². The first kappa shape index (κ1) is 20.7. The van der Waals surface area contributed by atoms with Crippen LogP contribution in [-0.2, 0) is 9.53 Å². The third-order valence-corrected chi connectivity index (χ3v) is 3.93. The number of carbonyl (C=O) groups is 2. The lowest BCUT2D eigenvalue weighted by Gasteiger charge is -2.18.